The molecule has 0 spiro atoms. The average molecular weight is 345 g/mol. The molecular weight excluding hydrogens is 328 g/mol. The van der Waals surface area contributed by atoms with Gasteiger partial charge in [-0.1, -0.05) is 6.92 Å². The van der Waals surface area contributed by atoms with E-state index in [-0.39, 0.29) is 22.9 Å². The highest BCUT2D eigenvalue weighted by Gasteiger charge is 2.30. The molecule has 4 nitrogen and oxygen atoms in total. The van der Waals surface area contributed by atoms with Crippen LogP contribution in [0.2, 0.25) is 0 Å². The molecule has 1 fully saturated rings. The van der Waals surface area contributed by atoms with E-state index >= 15 is 0 Å². The maximum Gasteiger partial charge on any atom is 0.259 e. The van der Waals surface area contributed by atoms with Gasteiger partial charge in [-0.05, 0) is 29.8 Å². The van der Waals surface area contributed by atoms with Crippen LogP contribution in [0.5, 0.6) is 0 Å². The number of carbonyl (C=O) groups is 1. The zero-order chi connectivity index (χ0) is 14.2. The van der Waals surface area contributed by atoms with Crippen molar-refractivity contribution in [1.29, 1.82) is 0 Å². The molecular formula is C13H17BrN2O2S. The number of amides is 1. The Bertz CT molecular complexity index is 558. The van der Waals surface area contributed by atoms with Crippen LogP contribution in [0, 0.1) is 6.92 Å². The Morgan fingerprint density at radius 3 is 2.89 bits per heavy atom. The standard InChI is InChI=1S/C13H17BrN2O2S/c1-7-11(14)12(17)10(6-15-7)13(18)16-4-5-19-9(3)8(16)2/h6,8-9H,4-5H2,1-3H3,(H,15,17)/t8-,9-/m1/s1. The Morgan fingerprint density at radius 1 is 1.53 bits per heavy atom. The van der Waals surface area contributed by atoms with Crippen molar-refractivity contribution in [1.82, 2.24) is 9.88 Å². The quantitative estimate of drug-likeness (QED) is 0.851. The molecule has 0 unspecified atom stereocenters. The predicted molar refractivity (Wildman–Crippen MR) is 81.9 cm³/mol. The number of halogens is 1. The van der Waals surface area contributed by atoms with Gasteiger partial charge in [-0.25, -0.2) is 0 Å². The molecule has 2 rings (SSSR count). The van der Waals surface area contributed by atoms with E-state index in [0.717, 1.165) is 11.4 Å². The van der Waals surface area contributed by atoms with Crippen molar-refractivity contribution >= 4 is 33.6 Å². The minimum Gasteiger partial charge on any atom is -0.363 e. The lowest BCUT2D eigenvalue weighted by atomic mass is 10.1. The normalized spacial score (nSPS) is 23.5. The molecule has 2 atom stereocenters. The Morgan fingerprint density at radius 2 is 2.21 bits per heavy atom. The van der Waals surface area contributed by atoms with E-state index in [2.05, 4.69) is 27.8 Å². The van der Waals surface area contributed by atoms with Crippen molar-refractivity contribution < 1.29 is 4.79 Å². The largest absolute Gasteiger partial charge is 0.363 e. The van der Waals surface area contributed by atoms with Crippen LogP contribution in [0.3, 0.4) is 0 Å². The zero-order valence-electron chi connectivity index (χ0n) is 11.2. The van der Waals surface area contributed by atoms with Crippen LogP contribution in [0.15, 0.2) is 15.5 Å². The number of aromatic nitrogens is 1. The summed E-state index contributed by atoms with van der Waals surface area (Å²) in [5.41, 5.74) is 0.708. The van der Waals surface area contributed by atoms with Gasteiger partial charge in [0.1, 0.15) is 5.56 Å². The summed E-state index contributed by atoms with van der Waals surface area (Å²) >= 11 is 5.09. The molecule has 1 aromatic rings. The van der Waals surface area contributed by atoms with Gasteiger partial charge in [0.05, 0.1) is 4.47 Å². The number of aromatic amines is 1. The average Bonchev–Trinajstić information content (AvgIpc) is 2.39. The lowest BCUT2D eigenvalue weighted by molar-refractivity contribution is 0.0696. The summed E-state index contributed by atoms with van der Waals surface area (Å²) in [5.74, 6) is 0.740. The summed E-state index contributed by atoms with van der Waals surface area (Å²) in [6.07, 6.45) is 1.52. The molecule has 1 N–H and O–H groups in total. The number of H-pyrrole nitrogens is 1. The van der Waals surface area contributed by atoms with Gasteiger partial charge in [0.2, 0.25) is 5.43 Å². The SMILES string of the molecule is Cc1[nH]cc(C(=O)N2CCS[C@H](C)[C@H]2C)c(=O)c1Br. The van der Waals surface area contributed by atoms with Crippen LogP contribution in [0.4, 0.5) is 0 Å². The van der Waals surface area contributed by atoms with E-state index in [1.165, 1.54) is 6.20 Å². The molecule has 6 heteroatoms. The predicted octanol–water partition coefficient (Wildman–Crippen LogP) is 2.41. The Kier molecular flexibility index (Phi) is 4.40. The van der Waals surface area contributed by atoms with Gasteiger partial charge in [0.25, 0.3) is 5.91 Å². The maximum atomic E-state index is 12.5. The number of hydrogen-bond donors (Lipinski definition) is 1. The lowest BCUT2D eigenvalue weighted by Crippen LogP contribution is -2.49. The number of aryl methyl sites for hydroxylation is 1. The zero-order valence-corrected chi connectivity index (χ0v) is 13.6. The van der Waals surface area contributed by atoms with E-state index in [9.17, 15) is 9.59 Å². The molecule has 1 aromatic heterocycles. The van der Waals surface area contributed by atoms with E-state index in [4.69, 9.17) is 0 Å². The van der Waals surface area contributed by atoms with Crippen molar-refractivity contribution in [3.8, 4) is 0 Å². The third kappa shape index (κ3) is 2.74. The van der Waals surface area contributed by atoms with Crippen molar-refractivity contribution in [3.05, 3.63) is 32.2 Å². The second-order valence-electron chi connectivity index (χ2n) is 4.79. The molecule has 0 aromatic carbocycles. The second kappa shape index (κ2) is 5.71. The summed E-state index contributed by atoms with van der Waals surface area (Å²) in [6.45, 7) is 6.64. The summed E-state index contributed by atoms with van der Waals surface area (Å²) in [4.78, 5) is 29.4. The first-order valence-electron chi connectivity index (χ1n) is 6.24. The number of carbonyl (C=O) groups excluding carboxylic acids is 1. The fourth-order valence-corrected chi connectivity index (χ4v) is 3.56. The maximum absolute atomic E-state index is 12.5. The minimum absolute atomic E-state index is 0.144. The smallest absolute Gasteiger partial charge is 0.259 e. The molecule has 1 aliphatic rings. The first-order valence-corrected chi connectivity index (χ1v) is 8.08. The van der Waals surface area contributed by atoms with Crippen LogP contribution < -0.4 is 5.43 Å². The summed E-state index contributed by atoms with van der Waals surface area (Å²) in [5, 5.41) is 0.394. The molecule has 19 heavy (non-hydrogen) atoms. The molecule has 1 saturated heterocycles. The molecule has 0 radical (unpaired) electrons. The van der Waals surface area contributed by atoms with Crippen molar-refractivity contribution in [3.63, 3.8) is 0 Å². The van der Waals surface area contributed by atoms with E-state index < -0.39 is 0 Å². The van der Waals surface area contributed by atoms with Gasteiger partial charge in [-0.3, -0.25) is 9.59 Å². The first kappa shape index (κ1) is 14.7. The molecule has 0 aliphatic carbocycles. The van der Waals surface area contributed by atoms with E-state index in [1.54, 1.807) is 11.8 Å². The number of nitrogens with zero attached hydrogens (tertiary/aromatic N) is 1. The fourth-order valence-electron chi connectivity index (χ4n) is 2.13. The van der Waals surface area contributed by atoms with Gasteiger partial charge < -0.3 is 9.88 Å². The Labute approximate surface area is 125 Å². The van der Waals surface area contributed by atoms with Crippen LogP contribution in [0.25, 0.3) is 0 Å². The number of thioether (sulfide) groups is 1. The van der Waals surface area contributed by atoms with Gasteiger partial charge in [0, 0.05) is 35.5 Å². The van der Waals surface area contributed by atoms with Crippen LogP contribution in [-0.2, 0) is 0 Å². The highest BCUT2D eigenvalue weighted by atomic mass is 79.9. The number of nitrogens with one attached hydrogen (secondary N) is 1. The van der Waals surface area contributed by atoms with Gasteiger partial charge in [-0.2, -0.15) is 11.8 Å². The van der Waals surface area contributed by atoms with Crippen molar-refractivity contribution in [2.75, 3.05) is 12.3 Å². The van der Waals surface area contributed by atoms with Crippen LogP contribution in [-0.4, -0.2) is 39.4 Å². The van der Waals surface area contributed by atoms with Crippen LogP contribution >= 0.6 is 27.7 Å². The van der Waals surface area contributed by atoms with Gasteiger partial charge in [-0.15, -0.1) is 0 Å². The number of rotatable bonds is 1. The highest BCUT2D eigenvalue weighted by Crippen LogP contribution is 2.25. The summed E-state index contributed by atoms with van der Waals surface area (Å²) in [6, 6.07) is 0.144. The van der Waals surface area contributed by atoms with Gasteiger partial charge in [0.15, 0.2) is 0 Å². The van der Waals surface area contributed by atoms with Gasteiger partial charge >= 0.3 is 0 Å². The third-order valence-corrected chi connectivity index (χ3v) is 5.87. The van der Waals surface area contributed by atoms with Crippen molar-refractivity contribution in [2.45, 2.75) is 32.1 Å². The lowest BCUT2D eigenvalue weighted by Gasteiger charge is -2.37. The Hall–Kier alpha value is -0.750. The fraction of sp³-hybridized carbons (Fsp3) is 0.538. The second-order valence-corrected chi connectivity index (χ2v) is 7.06. The highest BCUT2D eigenvalue weighted by molar-refractivity contribution is 9.10. The number of hydrogen-bond acceptors (Lipinski definition) is 3. The molecule has 1 aliphatic heterocycles. The summed E-state index contributed by atoms with van der Waals surface area (Å²) in [7, 11) is 0. The summed E-state index contributed by atoms with van der Waals surface area (Å²) < 4.78 is 0.436. The minimum atomic E-state index is -0.237. The van der Waals surface area contributed by atoms with E-state index in [1.807, 2.05) is 18.7 Å². The third-order valence-electron chi connectivity index (χ3n) is 3.58. The molecule has 0 saturated carbocycles. The van der Waals surface area contributed by atoms with E-state index in [0.29, 0.717) is 16.3 Å². The molecule has 104 valence electrons. The Balaban J connectivity index is 2.35. The number of pyridine rings is 1. The monoisotopic (exact) mass is 344 g/mol. The van der Waals surface area contributed by atoms with Crippen molar-refractivity contribution in [2.24, 2.45) is 0 Å². The molecule has 0 bridgehead atoms. The molecule has 1 amide bonds. The topological polar surface area (TPSA) is 53.2 Å². The molecule has 2 heterocycles. The van der Waals surface area contributed by atoms with Crippen LogP contribution in [0.1, 0.15) is 29.9 Å². The first-order chi connectivity index (χ1) is 8.93.